The highest BCUT2D eigenvalue weighted by molar-refractivity contribution is 5.87. The molecule has 4 N–H and O–H groups in total. The molecule has 0 aromatic carbocycles. The van der Waals surface area contributed by atoms with E-state index in [1.165, 1.54) is 18.3 Å². The van der Waals surface area contributed by atoms with Crippen LogP contribution in [0.2, 0.25) is 0 Å². The first kappa shape index (κ1) is 15.1. The Hall–Kier alpha value is -1.95. The van der Waals surface area contributed by atoms with Crippen LogP contribution in [0.1, 0.15) is 35.8 Å². The average molecular weight is 265 g/mol. The molecule has 1 aromatic heterocycles. The zero-order valence-electron chi connectivity index (χ0n) is 10.9. The summed E-state index contributed by atoms with van der Waals surface area (Å²) in [6.07, 6.45) is 2.97. The zero-order valence-corrected chi connectivity index (χ0v) is 10.9. The van der Waals surface area contributed by atoms with Gasteiger partial charge in [-0.2, -0.15) is 0 Å². The molecule has 1 rings (SSSR count). The first-order valence-electron chi connectivity index (χ1n) is 6.20. The molecule has 19 heavy (non-hydrogen) atoms. The van der Waals surface area contributed by atoms with E-state index in [0.29, 0.717) is 12.2 Å². The van der Waals surface area contributed by atoms with Crippen molar-refractivity contribution < 1.29 is 14.7 Å². The second-order valence-corrected chi connectivity index (χ2v) is 4.39. The van der Waals surface area contributed by atoms with Gasteiger partial charge in [0.2, 0.25) is 5.91 Å². The van der Waals surface area contributed by atoms with Gasteiger partial charge in [-0.15, -0.1) is 0 Å². The van der Waals surface area contributed by atoms with Crippen molar-refractivity contribution in [1.29, 1.82) is 0 Å². The van der Waals surface area contributed by atoms with E-state index < -0.39 is 5.97 Å². The molecule has 0 saturated carbocycles. The zero-order chi connectivity index (χ0) is 14.3. The molecule has 104 valence electrons. The molecule has 0 aliphatic carbocycles. The van der Waals surface area contributed by atoms with Crippen molar-refractivity contribution in [1.82, 2.24) is 10.3 Å². The second kappa shape index (κ2) is 7.48. The van der Waals surface area contributed by atoms with Crippen LogP contribution in [0.5, 0.6) is 0 Å². The summed E-state index contributed by atoms with van der Waals surface area (Å²) in [6, 6.07) is 2.87. The van der Waals surface area contributed by atoms with Crippen LogP contribution in [0.4, 0.5) is 0 Å². The summed E-state index contributed by atoms with van der Waals surface area (Å²) < 4.78 is 0. The SMILES string of the molecule is CC(CCCN)C(=O)NCc1cc(C(=O)O)ccn1. The number of hydrogen-bond acceptors (Lipinski definition) is 4. The molecule has 1 amide bonds. The van der Waals surface area contributed by atoms with Crippen LogP contribution in [0.15, 0.2) is 18.3 Å². The maximum Gasteiger partial charge on any atom is 0.335 e. The Labute approximate surface area is 112 Å². The molecule has 0 aliphatic heterocycles. The Kier molecular flexibility index (Phi) is 5.95. The number of aromatic nitrogens is 1. The standard InChI is InChI=1S/C13H19N3O3/c1-9(3-2-5-14)12(17)16-8-11-7-10(13(18)19)4-6-15-11/h4,6-7,9H,2-3,5,8,14H2,1H3,(H,16,17)(H,18,19). The van der Waals surface area contributed by atoms with E-state index in [-0.39, 0.29) is 23.9 Å². The summed E-state index contributed by atoms with van der Waals surface area (Å²) in [6.45, 7) is 2.64. The predicted octanol–water partition coefficient (Wildman–Crippen LogP) is 0.771. The molecule has 0 fully saturated rings. The first-order valence-corrected chi connectivity index (χ1v) is 6.20. The van der Waals surface area contributed by atoms with E-state index in [0.717, 1.165) is 12.8 Å². The maximum absolute atomic E-state index is 11.7. The average Bonchev–Trinajstić information content (AvgIpc) is 2.42. The van der Waals surface area contributed by atoms with Gasteiger partial charge in [0.15, 0.2) is 0 Å². The summed E-state index contributed by atoms with van der Waals surface area (Å²) in [5.74, 6) is -1.19. The van der Waals surface area contributed by atoms with E-state index in [4.69, 9.17) is 10.8 Å². The van der Waals surface area contributed by atoms with Gasteiger partial charge in [0.25, 0.3) is 0 Å². The Balaban J connectivity index is 2.50. The quantitative estimate of drug-likeness (QED) is 0.675. The lowest BCUT2D eigenvalue weighted by atomic mass is 10.0. The fraction of sp³-hybridized carbons (Fsp3) is 0.462. The molecule has 6 nitrogen and oxygen atoms in total. The minimum Gasteiger partial charge on any atom is -0.478 e. The van der Waals surface area contributed by atoms with E-state index in [1.807, 2.05) is 6.92 Å². The van der Waals surface area contributed by atoms with E-state index in [9.17, 15) is 9.59 Å². The third kappa shape index (κ3) is 5.05. The minimum atomic E-state index is -1.01. The number of carbonyl (C=O) groups is 2. The van der Waals surface area contributed by atoms with E-state index >= 15 is 0 Å². The molecule has 1 heterocycles. The third-order valence-electron chi connectivity index (χ3n) is 2.80. The van der Waals surface area contributed by atoms with Crippen molar-refractivity contribution in [3.63, 3.8) is 0 Å². The topological polar surface area (TPSA) is 105 Å². The Morgan fingerprint density at radius 1 is 1.53 bits per heavy atom. The highest BCUT2D eigenvalue weighted by Crippen LogP contribution is 2.06. The summed E-state index contributed by atoms with van der Waals surface area (Å²) in [4.78, 5) is 26.6. The summed E-state index contributed by atoms with van der Waals surface area (Å²) >= 11 is 0. The van der Waals surface area contributed by atoms with Gasteiger partial charge in [-0.25, -0.2) is 4.79 Å². The fourth-order valence-corrected chi connectivity index (χ4v) is 1.61. The van der Waals surface area contributed by atoms with Crippen molar-refractivity contribution in [2.45, 2.75) is 26.3 Å². The molecular formula is C13H19N3O3. The van der Waals surface area contributed by atoms with Crippen LogP contribution in [-0.2, 0) is 11.3 Å². The van der Waals surface area contributed by atoms with Gasteiger partial charge in [-0.05, 0) is 31.5 Å². The lowest BCUT2D eigenvalue weighted by Gasteiger charge is -2.11. The highest BCUT2D eigenvalue weighted by atomic mass is 16.4. The van der Waals surface area contributed by atoms with Crippen LogP contribution in [-0.4, -0.2) is 28.5 Å². The second-order valence-electron chi connectivity index (χ2n) is 4.39. The maximum atomic E-state index is 11.7. The number of carbonyl (C=O) groups excluding carboxylic acids is 1. The number of carboxylic acid groups (broad SMARTS) is 1. The van der Waals surface area contributed by atoms with Gasteiger partial charge in [0.05, 0.1) is 17.8 Å². The Bertz CT molecular complexity index is 449. The lowest BCUT2D eigenvalue weighted by molar-refractivity contribution is -0.124. The number of rotatable bonds is 7. The molecule has 0 aliphatic rings. The van der Waals surface area contributed by atoms with Gasteiger partial charge in [0, 0.05) is 12.1 Å². The first-order chi connectivity index (χ1) is 9.04. The summed E-state index contributed by atoms with van der Waals surface area (Å²) in [5.41, 5.74) is 6.08. The van der Waals surface area contributed by atoms with Gasteiger partial charge in [-0.3, -0.25) is 9.78 Å². The normalized spacial score (nSPS) is 11.9. The molecule has 1 atom stereocenters. The Morgan fingerprint density at radius 2 is 2.26 bits per heavy atom. The minimum absolute atomic E-state index is 0.0732. The smallest absolute Gasteiger partial charge is 0.335 e. The van der Waals surface area contributed by atoms with Crippen LogP contribution in [0.3, 0.4) is 0 Å². The van der Waals surface area contributed by atoms with Crippen molar-refractivity contribution >= 4 is 11.9 Å². The molecule has 0 saturated heterocycles. The summed E-state index contributed by atoms with van der Waals surface area (Å²) in [5, 5.41) is 11.6. The van der Waals surface area contributed by atoms with E-state index in [2.05, 4.69) is 10.3 Å². The van der Waals surface area contributed by atoms with Crippen molar-refractivity contribution in [2.75, 3.05) is 6.54 Å². The van der Waals surface area contributed by atoms with Crippen LogP contribution in [0, 0.1) is 5.92 Å². The van der Waals surface area contributed by atoms with Gasteiger partial charge in [0.1, 0.15) is 0 Å². The van der Waals surface area contributed by atoms with Gasteiger partial charge < -0.3 is 16.2 Å². The third-order valence-corrected chi connectivity index (χ3v) is 2.80. The number of carboxylic acids is 1. The number of hydrogen-bond donors (Lipinski definition) is 3. The van der Waals surface area contributed by atoms with Crippen molar-refractivity contribution in [3.05, 3.63) is 29.6 Å². The highest BCUT2D eigenvalue weighted by Gasteiger charge is 2.12. The molecular weight excluding hydrogens is 246 g/mol. The molecule has 0 spiro atoms. The van der Waals surface area contributed by atoms with Crippen molar-refractivity contribution in [3.8, 4) is 0 Å². The number of nitrogens with two attached hydrogens (primary N) is 1. The largest absolute Gasteiger partial charge is 0.478 e. The number of nitrogens with one attached hydrogen (secondary N) is 1. The van der Waals surface area contributed by atoms with Crippen molar-refractivity contribution in [2.24, 2.45) is 11.7 Å². The van der Waals surface area contributed by atoms with E-state index in [1.54, 1.807) is 0 Å². The van der Waals surface area contributed by atoms with Gasteiger partial charge >= 0.3 is 5.97 Å². The number of pyridine rings is 1. The molecule has 0 radical (unpaired) electrons. The fourth-order valence-electron chi connectivity index (χ4n) is 1.61. The Morgan fingerprint density at radius 3 is 2.89 bits per heavy atom. The summed E-state index contributed by atoms with van der Waals surface area (Å²) in [7, 11) is 0. The number of nitrogens with zero attached hydrogens (tertiary/aromatic N) is 1. The molecule has 0 bridgehead atoms. The lowest BCUT2D eigenvalue weighted by Crippen LogP contribution is -2.29. The number of amides is 1. The van der Waals surface area contributed by atoms with Crippen LogP contribution in [0.25, 0.3) is 0 Å². The van der Waals surface area contributed by atoms with Gasteiger partial charge in [-0.1, -0.05) is 6.92 Å². The molecule has 1 aromatic rings. The molecule has 6 heteroatoms. The molecule has 1 unspecified atom stereocenters. The monoisotopic (exact) mass is 265 g/mol. The van der Waals surface area contributed by atoms with Crippen LogP contribution < -0.4 is 11.1 Å². The predicted molar refractivity (Wildman–Crippen MR) is 70.5 cm³/mol. The number of aromatic carboxylic acids is 1. The van der Waals surface area contributed by atoms with Crippen LogP contribution >= 0.6 is 0 Å².